The molecule has 0 unspecified atom stereocenters. The molecule has 2 heteroatoms. The van der Waals surface area contributed by atoms with Gasteiger partial charge in [0.05, 0.1) is 0 Å². The largest absolute Gasteiger partial charge is 0.330 e. The Bertz CT molecular complexity index is 435. The fourth-order valence-corrected chi connectivity index (χ4v) is 1.87. The van der Waals surface area contributed by atoms with Crippen molar-refractivity contribution in [2.45, 2.75) is 6.42 Å². The van der Waals surface area contributed by atoms with Crippen molar-refractivity contribution < 1.29 is 0 Å². The Hall–Kier alpha value is -1.57. The van der Waals surface area contributed by atoms with Crippen molar-refractivity contribution in [1.82, 2.24) is 0 Å². The van der Waals surface area contributed by atoms with Crippen LogP contribution < -0.4 is 5.73 Å². The zero-order chi connectivity index (χ0) is 11.9. The van der Waals surface area contributed by atoms with Crippen molar-refractivity contribution in [3.05, 3.63) is 77.9 Å². The van der Waals surface area contributed by atoms with Crippen LogP contribution in [0.5, 0.6) is 0 Å². The molecule has 0 aromatic heterocycles. The van der Waals surface area contributed by atoms with Gasteiger partial charge in [-0.2, -0.15) is 0 Å². The number of benzene rings is 2. The smallest absolute Gasteiger partial charge is 0.00423 e. The second-order valence-electron chi connectivity index (χ2n) is 3.93. The third-order valence-corrected chi connectivity index (χ3v) is 2.68. The molecule has 0 radical (unpaired) electrons. The van der Waals surface area contributed by atoms with Gasteiger partial charge in [-0.05, 0) is 29.7 Å². The van der Waals surface area contributed by atoms with Crippen LogP contribution in [0, 0.1) is 0 Å². The van der Waals surface area contributed by atoms with Gasteiger partial charge in [0.15, 0.2) is 0 Å². The third-order valence-electron chi connectivity index (χ3n) is 2.68. The topological polar surface area (TPSA) is 26.0 Å². The Morgan fingerprint density at radius 1 is 0.833 bits per heavy atom. The fraction of sp³-hybridized carbons (Fsp3) is 0.125. The molecule has 1 nitrogen and oxygen atoms in total. The number of hydrogen-bond donors (Lipinski definition) is 1. The molecular weight excluding hydrogens is 242 g/mol. The van der Waals surface area contributed by atoms with E-state index in [9.17, 15) is 0 Å². The van der Waals surface area contributed by atoms with Gasteiger partial charge in [-0.15, -0.1) is 12.4 Å². The van der Waals surface area contributed by atoms with E-state index in [-0.39, 0.29) is 12.4 Å². The zero-order valence-electron chi connectivity index (χ0n) is 10.3. The first kappa shape index (κ1) is 14.5. The quantitative estimate of drug-likeness (QED) is 0.886. The average Bonchev–Trinajstić information content (AvgIpc) is 2.42. The van der Waals surface area contributed by atoms with Gasteiger partial charge in [-0.25, -0.2) is 0 Å². The number of nitrogens with two attached hydrogens (primary N) is 1. The summed E-state index contributed by atoms with van der Waals surface area (Å²) in [4.78, 5) is 0. The molecule has 0 atom stereocenters. The van der Waals surface area contributed by atoms with Crippen molar-refractivity contribution in [3.63, 3.8) is 0 Å². The molecule has 0 heterocycles. The molecule has 2 N–H and O–H groups in total. The van der Waals surface area contributed by atoms with Crippen molar-refractivity contribution in [3.8, 4) is 0 Å². The van der Waals surface area contributed by atoms with E-state index in [4.69, 9.17) is 5.73 Å². The van der Waals surface area contributed by atoms with Crippen LogP contribution in [-0.2, 0) is 0 Å². The molecule has 0 aliphatic heterocycles. The lowest BCUT2D eigenvalue weighted by Gasteiger charge is -2.08. The molecule has 0 spiro atoms. The van der Waals surface area contributed by atoms with E-state index in [1.807, 2.05) is 12.1 Å². The Morgan fingerprint density at radius 2 is 1.28 bits per heavy atom. The van der Waals surface area contributed by atoms with Crippen LogP contribution >= 0.6 is 12.4 Å². The Kier molecular flexibility index (Phi) is 6.20. The molecular formula is C16H18ClN. The van der Waals surface area contributed by atoms with Gasteiger partial charge in [0.2, 0.25) is 0 Å². The van der Waals surface area contributed by atoms with Crippen molar-refractivity contribution >= 4 is 18.0 Å². The molecule has 0 bridgehead atoms. The van der Waals surface area contributed by atoms with Gasteiger partial charge in [0.25, 0.3) is 0 Å². The Morgan fingerprint density at radius 3 is 1.67 bits per heavy atom. The monoisotopic (exact) mass is 259 g/mol. The number of rotatable bonds is 4. The van der Waals surface area contributed by atoms with Crippen LogP contribution in [0.25, 0.3) is 5.57 Å². The van der Waals surface area contributed by atoms with E-state index in [1.165, 1.54) is 16.7 Å². The highest BCUT2D eigenvalue weighted by atomic mass is 35.5. The molecule has 94 valence electrons. The van der Waals surface area contributed by atoms with E-state index >= 15 is 0 Å². The predicted molar refractivity (Wildman–Crippen MR) is 80.9 cm³/mol. The highest BCUT2D eigenvalue weighted by Gasteiger charge is 2.02. The molecule has 2 aromatic rings. The summed E-state index contributed by atoms with van der Waals surface area (Å²) in [6, 6.07) is 20.9. The average molecular weight is 260 g/mol. The minimum Gasteiger partial charge on any atom is -0.330 e. The maximum absolute atomic E-state index is 5.59. The lowest BCUT2D eigenvalue weighted by Crippen LogP contribution is -1.97. The molecule has 0 amide bonds. The molecule has 0 aliphatic carbocycles. The van der Waals surface area contributed by atoms with E-state index in [0.717, 1.165) is 6.42 Å². The molecule has 0 saturated heterocycles. The lowest BCUT2D eigenvalue weighted by molar-refractivity contribution is 1.01. The van der Waals surface area contributed by atoms with Gasteiger partial charge >= 0.3 is 0 Å². The van der Waals surface area contributed by atoms with Gasteiger partial charge in [-0.1, -0.05) is 66.7 Å². The van der Waals surface area contributed by atoms with Crippen LogP contribution in [-0.4, -0.2) is 6.54 Å². The van der Waals surface area contributed by atoms with Crippen LogP contribution in [0.15, 0.2) is 66.7 Å². The predicted octanol–water partition coefficient (Wildman–Crippen LogP) is 3.89. The summed E-state index contributed by atoms with van der Waals surface area (Å²) in [5, 5.41) is 0. The summed E-state index contributed by atoms with van der Waals surface area (Å²) in [6.45, 7) is 0.684. The Balaban J connectivity index is 0.00000162. The normalized spacial score (nSPS) is 9.39. The highest BCUT2D eigenvalue weighted by molar-refractivity contribution is 5.85. The van der Waals surface area contributed by atoms with E-state index in [1.54, 1.807) is 0 Å². The maximum Gasteiger partial charge on any atom is -0.00423 e. The summed E-state index contributed by atoms with van der Waals surface area (Å²) in [7, 11) is 0. The van der Waals surface area contributed by atoms with Crippen LogP contribution in [0.4, 0.5) is 0 Å². The second kappa shape index (κ2) is 7.70. The summed E-state index contributed by atoms with van der Waals surface area (Å²) in [5.41, 5.74) is 9.33. The maximum atomic E-state index is 5.59. The summed E-state index contributed by atoms with van der Waals surface area (Å²) in [6.07, 6.45) is 3.11. The van der Waals surface area contributed by atoms with Crippen LogP contribution in [0.3, 0.4) is 0 Å². The number of hydrogen-bond acceptors (Lipinski definition) is 1. The first-order valence-electron chi connectivity index (χ1n) is 5.93. The standard InChI is InChI=1S/C16H17N.ClH/c17-13-7-12-16(14-8-3-1-4-9-14)15-10-5-2-6-11-15;/h1-6,8-12H,7,13,17H2;1H. The minimum absolute atomic E-state index is 0. The first-order chi connectivity index (χ1) is 8.42. The summed E-state index contributed by atoms with van der Waals surface area (Å²) >= 11 is 0. The SMILES string of the molecule is Cl.NCCC=C(c1ccccc1)c1ccccc1. The van der Waals surface area contributed by atoms with Gasteiger partial charge in [-0.3, -0.25) is 0 Å². The highest BCUT2D eigenvalue weighted by Crippen LogP contribution is 2.23. The molecule has 0 aliphatic rings. The molecule has 2 rings (SSSR count). The Labute approximate surface area is 115 Å². The molecule has 18 heavy (non-hydrogen) atoms. The van der Waals surface area contributed by atoms with Crippen molar-refractivity contribution in [1.29, 1.82) is 0 Å². The van der Waals surface area contributed by atoms with Crippen molar-refractivity contribution in [2.24, 2.45) is 5.73 Å². The van der Waals surface area contributed by atoms with Crippen LogP contribution in [0.1, 0.15) is 17.5 Å². The van der Waals surface area contributed by atoms with Gasteiger partial charge in [0.1, 0.15) is 0 Å². The van der Waals surface area contributed by atoms with Crippen molar-refractivity contribution in [2.75, 3.05) is 6.54 Å². The van der Waals surface area contributed by atoms with Gasteiger partial charge < -0.3 is 5.73 Å². The van der Waals surface area contributed by atoms with Gasteiger partial charge in [0, 0.05) is 0 Å². The lowest BCUT2D eigenvalue weighted by atomic mass is 9.97. The molecule has 0 saturated carbocycles. The summed E-state index contributed by atoms with van der Waals surface area (Å²) < 4.78 is 0. The number of halogens is 1. The van der Waals surface area contributed by atoms with E-state index in [2.05, 4.69) is 54.6 Å². The van der Waals surface area contributed by atoms with E-state index < -0.39 is 0 Å². The first-order valence-corrected chi connectivity index (χ1v) is 5.93. The molecule has 0 fully saturated rings. The fourth-order valence-electron chi connectivity index (χ4n) is 1.87. The minimum atomic E-state index is 0. The van der Waals surface area contributed by atoms with Crippen LogP contribution in [0.2, 0.25) is 0 Å². The molecule has 2 aromatic carbocycles. The third kappa shape index (κ3) is 3.73. The summed E-state index contributed by atoms with van der Waals surface area (Å²) in [5.74, 6) is 0. The second-order valence-corrected chi connectivity index (χ2v) is 3.93. The van der Waals surface area contributed by atoms with E-state index in [0.29, 0.717) is 6.54 Å². The zero-order valence-corrected chi connectivity index (χ0v) is 11.1.